The van der Waals surface area contributed by atoms with Crippen LogP contribution in [0.3, 0.4) is 0 Å². The van der Waals surface area contributed by atoms with Crippen molar-refractivity contribution in [2.75, 3.05) is 0 Å². The molecule has 2 aliphatic heterocycles. The van der Waals surface area contributed by atoms with E-state index < -0.39 is 16.7 Å². The SMILES string of the molecule is NC1([N+](=O)[O-])N=C2N=CN=C2C(=O)N1. The zero-order valence-electron chi connectivity index (χ0n) is 6.67. The summed E-state index contributed by atoms with van der Waals surface area (Å²) in [6.07, 6.45) is 1.08. The van der Waals surface area contributed by atoms with Crippen LogP contribution < -0.4 is 11.1 Å². The number of carbonyl (C=O) groups excluding carboxylic acids is 1. The number of nitrogens with two attached hydrogens (primary N) is 1. The van der Waals surface area contributed by atoms with E-state index in [0.29, 0.717) is 0 Å². The molecule has 2 aliphatic rings. The molecule has 0 fully saturated rings. The fraction of sp³-hybridized carbons (Fsp3) is 0.200. The van der Waals surface area contributed by atoms with E-state index in [9.17, 15) is 14.9 Å². The van der Waals surface area contributed by atoms with E-state index in [0.717, 1.165) is 6.34 Å². The normalized spacial score (nSPS) is 29.1. The second-order valence-corrected chi connectivity index (χ2v) is 2.60. The van der Waals surface area contributed by atoms with Gasteiger partial charge in [0.05, 0.1) is 4.92 Å². The molecule has 9 nitrogen and oxygen atoms in total. The molecule has 14 heavy (non-hydrogen) atoms. The first-order valence-electron chi connectivity index (χ1n) is 3.49. The molecule has 72 valence electrons. The summed E-state index contributed by atoms with van der Waals surface area (Å²) >= 11 is 0. The number of amides is 1. The van der Waals surface area contributed by atoms with Crippen molar-refractivity contribution in [1.82, 2.24) is 5.32 Å². The summed E-state index contributed by atoms with van der Waals surface area (Å²) in [7, 11) is 0. The Labute approximate surface area is 76.6 Å². The summed E-state index contributed by atoms with van der Waals surface area (Å²) in [5.74, 6) is -3.22. The molecule has 9 heteroatoms. The molecule has 0 saturated carbocycles. The Morgan fingerprint density at radius 1 is 1.64 bits per heavy atom. The zero-order valence-corrected chi connectivity index (χ0v) is 6.67. The highest BCUT2D eigenvalue weighted by molar-refractivity contribution is 6.69. The van der Waals surface area contributed by atoms with Gasteiger partial charge in [-0.2, -0.15) is 4.99 Å². The van der Waals surface area contributed by atoms with Gasteiger partial charge in [-0.1, -0.05) is 0 Å². The Morgan fingerprint density at radius 3 is 3.00 bits per heavy atom. The molecule has 2 rings (SSSR count). The molecule has 3 N–H and O–H groups in total. The Balaban J connectivity index is 2.50. The van der Waals surface area contributed by atoms with Crippen molar-refractivity contribution in [3.05, 3.63) is 10.1 Å². The number of fused-ring (bicyclic) bond motifs is 1. The van der Waals surface area contributed by atoms with Gasteiger partial charge in [-0.05, 0) is 0 Å². The number of aliphatic imine (C=N–C) groups is 3. The topological polar surface area (TPSA) is 135 Å². The lowest BCUT2D eigenvalue weighted by atomic mass is 10.3. The van der Waals surface area contributed by atoms with Gasteiger partial charge in [-0.3, -0.25) is 20.2 Å². The number of hydrogen-bond donors (Lipinski definition) is 2. The van der Waals surface area contributed by atoms with Crippen molar-refractivity contribution >= 4 is 23.8 Å². The van der Waals surface area contributed by atoms with Crippen LogP contribution in [-0.4, -0.2) is 34.6 Å². The van der Waals surface area contributed by atoms with Crippen LogP contribution in [0.5, 0.6) is 0 Å². The van der Waals surface area contributed by atoms with E-state index >= 15 is 0 Å². The van der Waals surface area contributed by atoms with E-state index in [1.165, 1.54) is 0 Å². The summed E-state index contributed by atoms with van der Waals surface area (Å²) in [5, 5.41) is 12.4. The first-order valence-corrected chi connectivity index (χ1v) is 3.49. The van der Waals surface area contributed by atoms with Crippen LogP contribution in [-0.2, 0) is 4.79 Å². The number of amidine groups is 1. The largest absolute Gasteiger partial charge is 0.459 e. The monoisotopic (exact) mass is 196 g/mol. The van der Waals surface area contributed by atoms with E-state index in [4.69, 9.17) is 5.73 Å². The zero-order chi connectivity index (χ0) is 10.3. The maximum Gasteiger partial charge on any atom is 0.459 e. The Kier molecular flexibility index (Phi) is 1.46. The van der Waals surface area contributed by atoms with Gasteiger partial charge in [0, 0.05) is 0 Å². The highest BCUT2D eigenvalue weighted by atomic mass is 16.6. The molecule has 0 aliphatic carbocycles. The van der Waals surface area contributed by atoms with Gasteiger partial charge >= 0.3 is 5.91 Å². The van der Waals surface area contributed by atoms with Gasteiger partial charge in [0.15, 0.2) is 11.5 Å². The Bertz CT molecular complexity index is 423. The summed E-state index contributed by atoms with van der Waals surface area (Å²) in [6.45, 7) is 0. The molecular formula is C5H4N6O3. The molecule has 0 bridgehead atoms. The van der Waals surface area contributed by atoms with E-state index in [1.54, 1.807) is 0 Å². The minimum atomic E-state index is -2.34. The molecule has 0 aromatic heterocycles. The van der Waals surface area contributed by atoms with Gasteiger partial charge in [0.25, 0.3) is 5.91 Å². The van der Waals surface area contributed by atoms with Crippen molar-refractivity contribution in [1.29, 1.82) is 0 Å². The van der Waals surface area contributed by atoms with Crippen LogP contribution in [0, 0.1) is 10.1 Å². The second-order valence-electron chi connectivity index (χ2n) is 2.60. The minimum absolute atomic E-state index is 0.0621. The molecule has 0 aromatic rings. The van der Waals surface area contributed by atoms with Gasteiger partial charge in [-0.25, -0.2) is 15.7 Å². The van der Waals surface area contributed by atoms with E-state index in [2.05, 4.69) is 15.0 Å². The van der Waals surface area contributed by atoms with Gasteiger partial charge < -0.3 is 0 Å². The third-order valence-corrected chi connectivity index (χ3v) is 1.65. The second kappa shape index (κ2) is 2.42. The highest BCUT2D eigenvalue weighted by Gasteiger charge is 2.47. The smallest absolute Gasteiger partial charge is 0.267 e. The van der Waals surface area contributed by atoms with Crippen LogP contribution in [0.25, 0.3) is 0 Å². The summed E-state index contributed by atoms with van der Waals surface area (Å²) in [6, 6.07) is 0. The summed E-state index contributed by atoms with van der Waals surface area (Å²) in [5.41, 5.74) is 5.14. The van der Waals surface area contributed by atoms with E-state index in [-0.39, 0.29) is 11.5 Å². The minimum Gasteiger partial charge on any atom is -0.267 e. The van der Waals surface area contributed by atoms with Gasteiger partial charge in [0.2, 0.25) is 0 Å². The van der Waals surface area contributed by atoms with Crippen LogP contribution in [0.4, 0.5) is 0 Å². The van der Waals surface area contributed by atoms with Crippen molar-refractivity contribution < 1.29 is 9.72 Å². The number of hydrogen-bond acceptors (Lipinski definition) is 7. The fourth-order valence-electron chi connectivity index (χ4n) is 1.00. The molecule has 2 heterocycles. The van der Waals surface area contributed by atoms with Crippen LogP contribution in [0.1, 0.15) is 0 Å². The van der Waals surface area contributed by atoms with Crippen LogP contribution in [0.15, 0.2) is 15.0 Å². The van der Waals surface area contributed by atoms with Crippen molar-refractivity contribution in [3.63, 3.8) is 0 Å². The molecular weight excluding hydrogens is 192 g/mol. The lowest BCUT2D eigenvalue weighted by molar-refractivity contribution is -0.572. The standard InChI is InChI=1S/C5H4N6O3/c6-5(11(13)14)9-3-2(4(12)10-5)7-1-8-3/h1H,6H2,(H,10,12). The Morgan fingerprint density at radius 2 is 2.36 bits per heavy atom. The summed E-state index contributed by atoms with van der Waals surface area (Å²) < 4.78 is 0. The molecule has 0 radical (unpaired) electrons. The van der Waals surface area contributed by atoms with Crippen molar-refractivity contribution in [2.24, 2.45) is 20.7 Å². The van der Waals surface area contributed by atoms with Crippen LogP contribution in [0.2, 0.25) is 0 Å². The van der Waals surface area contributed by atoms with Gasteiger partial charge in [-0.15, -0.1) is 0 Å². The molecule has 1 amide bonds. The quantitative estimate of drug-likeness (QED) is 0.280. The maximum absolute atomic E-state index is 11.2. The lowest BCUT2D eigenvalue weighted by Crippen LogP contribution is -2.65. The molecule has 0 aromatic carbocycles. The predicted octanol–water partition coefficient (Wildman–Crippen LogP) is -2.16. The average molecular weight is 196 g/mol. The predicted molar refractivity (Wildman–Crippen MR) is 45.4 cm³/mol. The van der Waals surface area contributed by atoms with Crippen LogP contribution >= 0.6 is 0 Å². The Hall–Kier alpha value is -2.16. The number of nitrogens with one attached hydrogen (secondary N) is 1. The first kappa shape index (κ1) is 8.44. The van der Waals surface area contributed by atoms with Crippen molar-refractivity contribution in [2.45, 2.75) is 5.91 Å². The molecule has 0 spiro atoms. The third kappa shape index (κ3) is 0.992. The molecule has 1 atom stereocenters. The fourth-order valence-corrected chi connectivity index (χ4v) is 1.00. The molecule has 1 unspecified atom stereocenters. The van der Waals surface area contributed by atoms with Gasteiger partial charge in [0.1, 0.15) is 6.34 Å². The van der Waals surface area contributed by atoms with Crippen molar-refractivity contribution in [3.8, 4) is 0 Å². The number of carbonyl (C=O) groups is 1. The number of nitro groups is 1. The lowest BCUT2D eigenvalue weighted by Gasteiger charge is -2.20. The maximum atomic E-state index is 11.2. The highest BCUT2D eigenvalue weighted by Crippen LogP contribution is 2.10. The van der Waals surface area contributed by atoms with E-state index in [1.807, 2.05) is 5.32 Å². The third-order valence-electron chi connectivity index (χ3n) is 1.65. The average Bonchev–Trinajstić information content (AvgIpc) is 2.51. The number of rotatable bonds is 1. The molecule has 0 saturated heterocycles. The summed E-state index contributed by atoms with van der Waals surface area (Å²) in [4.78, 5) is 31.4. The number of nitrogens with zero attached hydrogens (tertiary/aromatic N) is 4. The first-order chi connectivity index (χ1) is 6.53.